The normalized spacial score (nSPS) is 12.1. The van der Waals surface area contributed by atoms with Gasteiger partial charge in [0.15, 0.2) is 6.61 Å². The van der Waals surface area contributed by atoms with Gasteiger partial charge in [-0.15, -0.1) is 0 Å². The van der Waals surface area contributed by atoms with Crippen LogP contribution in [0.5, 0.6) is 0 Å². The lowest BCUT2D eigenvalue weighted by molar-refractivity contribution is -0.121. The zero-order valence-corrected chi connectivity index (χ0v) is 14.5. The van der Waals surface area contributed by atoms with E-state index in [4.69, 9.17) is 4.74 Å². The Hall–Kier alpha value is -3.12. The molecule has 6 heteroatoms. The molecule has 0 radical (unpaired) electrons. The maximum absolute atomic E-state index is 12.9. The Balaban J connectivity index is 1.59. The third-order valence-electron chi connectivity index (χ3n) is 3.92. The molecule has 1 aliphatic heterocycles. The lowest BCUT2D eigenvalue weighted by atomic mass is 10.2. The molecule has 128 valence electrons. The summed E-state index contributed by atoms with van der Waals surface area (Å²) in [5.41, 5.74) is 1.95. The summed E-state index contributed by atoms with van der Waals surface area (Å²) in [6.07, 6.45) is 3.01. The van der Waals surface area contributed by atoms with Crippen molar-refractivity contribution >= 4 is 35.0 Å². The van der Waals surface area contributed by atoms with Gasteiger partial charge in [-0.05, 0) is 36.4 Å². The molecule has 0 fully saturated rings. The van der Waals surface area contributed by atoms with Crippen LogP contribution in [0.4, 0.5) is 11.4 Å². The van der Waals surface area contributed by atoms with E-state index in [0.717, 1.165) is 21.2 Å². The smallest absolute Gasteiger partial charge is 0.338 e. The molecule has 0 spiro atoms. The van der Waals surface area contributed by atoms with Gasteiger partial charge in [0.25, 0.3) is 5.91 Å². The largest absolute Gasteiger partial charge is 0.452 e. The highest BCUT2D eigenvalue weighted by Gasteiger charge is 2.28. The molecule has 2 heterocycles. The minimum absolute atomic E-state index is 0.299. The van der Waals surface area contributed by atoms with Crippen molar-refractivity contribution in [2.45, 2.75) is 9.79 Å². The summed E-state index contributed by atoms with van der Waals surface area (Å²) in [5.74, 6) is -0.846. The molecule has 1 amide bonds. The van der Waals surface area contributed by atoms with Gasteiger partial charge in [-0.3, -0.25) is 14.7 Å². The first-order valence-electron chi connectivity index (χ1n) is 8.00. The number of benzene rings is 2. The molecule has 0 aliphatic carbocycles. The number of para-hydroxylation sites is 2. The number of amides is 1. The van der Waals surface area contributed by atoms with Gasteiger partial charge in [-0.25, -0.2) is 4.79 Å². The summed E-state index contributed by atoms with van der Waals surface area (Å²) in [7, 11) is 0. The van der Waals surface area contributed by atoms with Crippen LogP contribution in [0.3, 0.4) is 0 Å². The summed E-state index contributed by atoms with van der Waals surface area (Å²) >= 11 is 1.62. The number of aromatic nitrogens is 1. The maximum Gasteiger partial charge on any atom is 0.338 e. The number of anilines is 2. The van der Waals surface area contributed by atoms with E-state index in [1.165, 1.54) is 12.4 Å². The highest BCUT2D eigenvalue weighted by atomic mass is 32.2. The summed E-state index contributed by atoms with van der Waals surface area (Å²) in [5, 5.41) is 0. The number of fused-ring (bicyclic) bond motifs is 2. The van der Waals surface area contributed by atoms with Gasteiger partial charge >= 0.3 is 5.97 Å². The molecule has 0 bridgehead atoms. The van der Waals surface area contributed by atoms with Crippen molar-refractivity contribution in [3.8, 4) is 0 Å². The molecule has 26 heavy (non-hydrogen) atoms. The minimum Gasteiger partial charge on any atom is -0.452 e. The second-order valence-corrected chi connectivity index (χ2v) is 6.66. The van der Waals surface area contributed by atoms with E-state index in [0.29, 0.717) is 5.56 Å². The van der Waals surface area contributed by atoms with Crippen LogP contribution in [0, 0.1) is 0 Å². The molecule has 0 unspecified atom stereocenters. The Morgan fingerprint density at radius 3 is 2.08 bits per heavy atom. The Labute approximate surface area is 154 Å². The van der Waals surface area contributed by atoms with Gasteiger partial charge < -0.3 is 4.74 Å². The van der Waals surface area contributed by atoms with Crippen molar-refractivity contribution < 1.29 is 14.3 Å². The van der Waals surface area contributed by atoms with E-state index in [2.05, 4.69) is 4.98 Å². The topological polar surface area (TPSA) is 59.5 Å². The molecule has 0 saturated heterocycles. The van der Waals surface area contributed by atoms with Crippen LogP contribution in [-0.2, 0) is 9.53 Å². The second-order valence-electron chi connectivity index (χ2n) is 5.58. The standard InChI is InChI=1S/C20H14N2O3S/c23-19(13-25-20(24)14-9-11-21-12-10-14)22-15-5-1-3-7-17(15)26-18-8-4-2-6-16(18)22/h1-12H,13H2. The molecule has 5 nitrogen and oxygen atoms in total. The molecule has 1 aromatic heterocycles. The SMILES string of the molecule is O=C(OCC(=O)N1c2ccccc2Sc2ccccc21)c1ccncc1. The first-order chi connectivity index (χ1) is 12.7. The van der Waals surface area contributed by atoms with Crippen molar-refractivity contribution in [2.75, 3.05) is 11.5 Å². The number of hydrogen-bond acceptors (Lipinski definition) is 5. The van der Waals surface area contributed by atoms with Crippen LogP contribution in [0.2, 0.25) is 0 Å². The van der Waals surface area contributed by atoms with Gasteiger partial charge in [0.05, 0.1) is 16.9 Å². The number of hydrogen-bond donors (Lipinski definition) is 0. The average molecular weight is 362 g/mol. The molecule has 2 aromatic carbocycles. The first-order valence-corrected chi connectivity index (χ1v) is 8.82. The van der Waals surface area contributed by atoms with Gasteiger partial charge in [0.2, 0.25) is 0 Å². The van der Waals surface area contributed by atoms with Crippen molar-refractivity contribution in [2.24, 2.45) is 0 Å². The van der Waals surface area contributed by atoms with E-state index in [-0.39, 0.29) is 12.5 Å². The predicted molar refractivity (Wildman–Crippen MR) is 98.7 cm³/mol. The number of esters is 1. The summed E-state index contributed by atoms with van der Waals surface area (Å²) in [6, 6.07) is 18.5. The number of carbonyl (C=O) groups is 2. The van der Waals surface area contributed by atoms with Crippen LogP contribution >= 0.6 is 11.8 Å². The summed E-state index contributed by atoms with van der Waals surface area (Å²) in [4.78, 5) is 32.4. The van der Waals surface area contributed by atoms with Gasteiger partial charge in [0.1, 0.15) is 0 Å². The summed E-state index contributed by atoms with van der Waals surface area (Å²) in [6.45, 7) is -0.339. The fourth-order valence-electron chi connectivity index (χ4n) is 2.74. The zero-order chi connectivity index (χ0) is 17.9. The molecule has 0 atom stereocenters. The Kier molecular flexibility index (Phi) is 4.41. The molecule has 1 aliphatic rings. The quantitative estimate of drug-likeness (QED) is 0.658. The number of pyridine rings is 1. The van der Waals surface area contributed by atoms with E-state index in [1.54, 1.807) is 28.8 Å². The van der Waals surface area contributed by atoms with Crippen molar-refractivity contribution in [3.63, 3.8) is 0 Å². The molecule has 4 rings (SSSR count). The van der Waals surface area contributed by atoms with Crippen LogP contribution in [0.15, 0.2) is 82.8 Å². The molecular formula is C20H14N2O3S. The summed E-state index contributed by atoms with van der Waals surface area (Å²) < 4.78 is 5.21. The second kappa shape index (κ2) is 7.01. The maximum atomic E-state index is 12.9. The van der Waals surface area contributed by atoms with E-state index < -0.39 is 5.97 Å². The van der Waals surface area contributed by atoms with Gasteiger partial charge in [-0.2, -0.15) is 0 Å². The van der Waals surface area contributed by atoms with Crippen LogP contribution in [-0.4, -0.2) is 23.5 Å². The third-order valence-corrected chi connectivity index (χ3v) is 5.05. The van der Waals surface area contributed by atoms with Gasteiger partial charge in [0, 0.05) is 22.2 Å². The highest BCUT2D eigenvalue weighted by molar-refractivity contribution is 7.99. The predicted octanol–water partition coefficient (Wildman–Crippen LogP) is 4.07. The van der Waals surface area contributed by atoms with Gasteiger partial charge in [-0.1, -0.05) is 36.0 Å². The third kappa shape index (κ3) is 3.07. The fraction of sp³-hybridized carbons (Fsp3) is 0.0500. The van der Waals surface area contributed by atoms with Crippen molar-refractivity contribution in [1.82, 2.24) is 4.98 Å². The fourth-order valence-corrected chi connectivity index (χ4v) is 3.79. The highest BCUT2D eigenvalue weighted by Crippen LogP contribution is 2.47. The molecule has 0 N–H and O–H groups in total. The van der Waals surface area contributed by atoms with E-state index in [9.17, 15) is 9.59 Å². The van der Waals surface area contributed by atoms with Crippen LogP contribution in [0.25, 0.3) is 0 Å². The Morgan fingerprint density at radius 1 is 0.885 bits per heavy atom. The first kappa shape index (κ1) is 16.4. The van der Waals surface area contributed by atoms with Crippen LogP contribution in [0.1, 0.15) is 10.4 Å². The molecular weight excluding hydrogens is 348 g/mol. The lowest BCUT2D eigenvalue weighted by Crippen LogP contribution is -2.32. The number of ether oxygens (including phenoxy) is 1. The van der Waals surface area contributed by atoms with Crippen LogP contribution < -0.4 is 4.90 Å². The number of rotatable bonds is 3. The monoisotopic (exact) mass is 362 g/mol. The Morgan fingerprint density at radius 2 is 1.46 bits per heavy atom. The number of nitrogens with zero attached hydrogens (tertiary/aromatic N) is 2. The number of carbonyl (C=O) groups excluding carboxylic acids is 2. The minimum atomic E-state index is -0.547. The molecule has 3 aromatic rings. The Bertz CT molecular complexity index is 930. The molecule has 0 saturated carbocycles. The lowest BCUT2D eigenvalue weighted by Gasteiger charge is -2.30. The zero-order valence-electron chi connectivity index (χ0n) is 13.7. The average Bonchev–Trinajstić information content (AvgIpc) is 2.70. The van der Waals surface area contributed by atoms with Crippen molar-refractivity contribution in [3.05, 3.63) is 78.6 Å². The van der Waals surface area contributed by atoms with E-state index >= 15 is 0 Å². The van der Waals surface area contributed by atoms with Crippen molar-refractivity contribution in [1.29, 1.82) is 0 Å². The van der Waals surface area contributed by atoms with E-state index in [1.807, 2.05) is 48.5 Å².